The second kappa shape index (κ2) is 11.0. The van der Waals surface area contributed by atoms with Crippen molar-refractivity contribution >= 4 is 11.9 Å². The van der Waals surface area contributed by atoms with Crippen LogP contribution in [0.1, 0.15) is 16.7 Å². The van der Waals surface area contributed by atoms with Crippen LogP contribution in [0.25, 0.3) is 0 Å². The number of carbonyl (C=O) groups is 2. The van der Waals surface area contributed by atoms with Crippen LogP contribution in [0.4, 0.5) is 0 Å². The summed E-state index contributed by atoms with van der Waals surface area (Å²) in [7, 11) is 0. The van der Waals surface area contributed by atoms with Crippen LogP contribution in [0, 0.1) is 0 Å². The van der Waals surface area contributed by atoms with E-state index >= 15 is 0 Å². The molecule has 0 aliphatic carbocycles. The third kappa shape index (κ3) is 6.85. The summed E-state index contributed by atoms with van der Waals surface area (Å²) < 4.78 is 5.43. The average molecular weight is 434 g/mol. The molecule has 0 spiro atoms. The van der Waals surface area contributed by atoms with Crippen molar-refractivity contribution in [2.24, 2.45) is 5.73 Å². The summed E-state index contributed by atoms with van der Waals surface area (Å²) in [6, 6.07) is 20.2. The van der Waals surface area contributed by atoms with Crippen LogP contribution in [-0.2, 0) is 33.8 Å². The number of rotatable bonds is 9. The molecule has 32 heavy (non-hydrogen) atoms. The molecule has 3 rings (SSSR count). The van der Waals surface area contributed by atoms with E-state index < -0.39 is 24.0 Å². The number of esters is 1. The van der Waals surface area contributed by atoms with Crippen molar-refractivity contribution in [3.05, 3.63) is 95.6 Å². The van der Waals surface area contributed by atoms with Crippen molar-refractivity contribution in [3.8, 4) is 11.5 Å². The molecule has 3 aromatic carbocycles. The first-order valence-electron chi connectivity index (χ1n) is 10.2. The average Bonchev–Trinajstić information content (AvgIpc) is 2.80. The van der Waals surface area contributed by atoms with Gasteiger partial charge in [-0.2, -0.15) is 0 Å². The molecule has 0 aliphatic heterocycles. The van der Waals surface area contributed by atoms with Gasteiger partial charge in [0.25, 0.3) is 0 Å². The Kier molecular flexibility index (Phi) is 7.83. The molecule has 7 heteroatoms. The molecule has 0 radical (unpaired) electrons. The third-order valence-corrected chi connectivity index (χ3v) is 4.93. The fourth-order valence-electron chi connectivity index (χ4n) is 3.15. The van der Waals surface area contributed by atoms with Crippen molar-refractivity contribution in [2.45, 2.75) is 31.5 Å². The standard InChI is InChI=1S/C25H26N2O5/c26-22(14-17-6-10-20(28)11-7-17)24(30)27-23(15-18-8-12-21(29)13-9-18)25(31)32-16-19-4-2-1-3-5-19/h1-13,22-23,28-29H,14-16,26H2,(H,27,30). The predicted octanol–water partition coefficient (Wildman–Crippen LogP) is 2.44. The lowest BCUT2D eigenvalue weighted by Crippen LogP contribution is -2.50. The van der Waals surface area contributed by atoms with Gasteiger partial charge >= 0.3 is 5.97 Å². The Bertz CT molecular complexity index is 1020. The van der Waals surface area contributed by atoms with Crippen LogP contribution in [0.3, 0.4) is 0 Å². The van der Waals surface area contributed by atoms with E-state index in [4.69, 9.17) is 10.5 Å². The summed E-state index contributed by atoms with van der Waals surface area (Å²) in [5, 5.41) is 21.6. The van der Waals surface area contributed by atoms with Gasteiger partial charge in [-0.05, 0) is 47.4 Å². The molecule has 7 nitrogen and oxygen atoms in total. The topological polar surface area (TPSA) is 122 Å². The number of benzene rings is 3. The highest BCUT2D eigenvalue weighted by atomic mass is 16.5. The monoisotopic (exact) mass is 434 g/mol. The Labute approximate surface area is 186 Å². The van der Waals surface area contributed by atoms with E-state index in [1.165, 1.54) is 24.3 Å². The van der Waals surface area contributed by atoms with Gasteiger partial charge in [0.1, 0.15) is 24.1 Å². The first-order valence-corrected chi connectivity index (χ1v) is 10.2. The van der Waals surface area contributed by atoms with Gasteiger partial charge in [0.2, 0.25) is 5.91 Å². The van der Waals surface area contributed by atoms with E-state index in [2.05, 4.69) is 5.32 Å². The molecule has 5 N–H and O–H groups in total. The Morgan fingerprint density at radius 3 is 1.88 bits per heavy atom. The van der Waals surface area contributed by atoms with Crippen LogP contribution < -0.4 is 11.1 Å². The van der Waals surface area contributed by atoms with E-state index in [9.17, 15) is 19.8 Å². The molecule has 0 bridgehead atoms. The molecular formula is C25H26N2O5. The Hall–Kier alpha value is -3.84. The quantitative estimate of drug-likeness (QED) is 0.384. The minimum Gasteiger partial charge on any atom is -0.508 e. The fraction of sp³-hybridized carbons (Fsp3) is 0.200. The number of nitrogens with two attached hydrogens (primary N) is 1. The van der Waals surface area contributed by atoms with Gasteiger partial charge in [0, 0.05) is 6.42 Å². The van der Waals surface area contributed by atoms with Crippen molar-refractivity contribution in [1.82, 2.24) is 5.32 Å². The van der Waals surface area contributed by atoms with Gasteiger partial charge < -0.3 is 26.0 Å². The van der Waals surface area contributed by atoms with E-state index in [1.807, 2.05) is 30.3 Å². The number of carbonyl (C=O) groups excluding carboxylic acids is 2. The maximum Gasteiger partial charge on any atom is 0.329 e. The first kappa shape index (κ1) is 22.8. The number of ether oxygens (including phenoxy) is 1. The lowest BCUT2D eigenvalue weighted by atomic mass is 10.0. The lowest BCUT2D eigenvalue weighted by Gasteiger charge is -2.20. The number of amides is 1. The van der Waals surface area contributed by atoms with Gasteiger partial charge in [0.05, 0.1) is 6.04 Å². The molecule has 0 aliphatic rings. The van der Waals surface area contributed by atoms with E-state index in [0.29, 0.717) is 0 Å². The van der Waals surface area contributed by atoms with E-state index in [-0.39, 0.29) is 30.9 Å². The van der Waals surface area contributed by atoms with Crippen LogP contribution in [0.5, 0.6) is 11.5 Å². The lowest BCUT2D eigenvalue weighted by molar-refractivity contribution is -0.149. The minimum atomic E-state index is -0.943. The maximum absolute atomic E-state index is 12.8. The highest BCUT2D eigenvalue weighted by Crippen LogP contribution is 2.14. The molecule has 0 heterocycles. The molecule has 0 aromatic heterocycles. The molecule has 0 saturated carbocycles. The number of hydrogen-bond acceptors (Lipinski definition) is 6. The molecule has 166 valence electrons. The summed E-state index contributed by atoms with van der Waals surface area (Å²) in [4.78, 5) is 25.5. The van der Waals surface area contributed by atoms with Crippen molar-refractivity contribution in [1.29, 1.82) is 0 Å². The van der Waals surface area contributed by atoms with Crippen molar-refractivity contribution in [2.75, 3.05) is 0 Å². The normalized spacial score (nSPS) is 12.5. The van der Waals surface area contributed by atoms with Gasteiger partial charge in [-0.25, -0.2) is 4.79 Å². The number of phenolic OH excluding ortho intramolecular Hbond substituents is 2. The largest absolute Gasteiger partial charge is 0.508 e. The summed E-state index contributed by atoms with van der Waals surface area (Å²) in [6.45, 7) is 0.0845. The summed E-state index contributed by atoms with van der Waals surface area (Å²) >= 11 is 0. The Morgan fingerprint density at radius 2 is 1.31 bits per heavy atom. The molecule has 2 atom stereocenters. The second-order valence-electron chi connectivity index (χ2n) is 7.50. The summed E-state index contributed by atoms with van der Waals surface area (Å²) in [6.07, 6.45) is 0.433. The second-order valence-corrected chi connectivity index (χ2v) is 7.50. The zero-order valence-electron chi connectivity index (χ0n) is 17.5. The smallest absolute Gasteiger partial charge is 0.329 e. The predicted molar refractivity (Wildman–Crippen MR) is 120 cm³/mol. The van der Waals surface area contributed by atoms with Crippen LogP contribution in [-0.4, -0.2) is 34.2 Å². The van der Waals surface area contributed by atoms with Gasteiger partial charge in [-0.1, -0.05) is 54.6 Å². The van der Waals surface area contributed by atoms with Crippen molar-refractivity contribution < 1.29 is 24.5 Å². The highest BCUT2D eigenvalue weighted by molar-refractivity contribution is 5.87. The van der Waals surface area contributed by atoms with Gasteiger partial charge in [-0.15, -0.1) is 0 Å². The zero-order chi connectivity index (χ0) is 22.9. The molecule has 3 aromatic rings. The fourth-order valence-corrected chi connectivity index (χ4v) is 3.15. The van der Waals surface area contributed by atoms with E-state index in [1.54, 1.807) is 24.3 Å². The number of hydrogen-bond donors (Lipinski definition) is 4. The SMILES string of the molecule is NC(Cc1ccc(O)cc1)C(=O)NC(Cc1ccc(O)cc1)C(=O)OCc1ccccc1. The Balaban J connectivity index is 1.67. The number of aromatic hydroxyl groups is 2. The molecule has 1 amide bonds. The zero-order valence-corrected chi connectivity index (χ0v) is 17.5. The van der Waals surface area contributed by atoms with Gasteiger partial charge in [-0.3, -0.25) is 4.79 Å². The number of phenols is 2. The summed E-state index contributed by atoms with van der Waals surface area (Å²) in [5.41, 5.74) is 8.42. The van der Waals surface area contributed by atoms with Crippen LogP contribution in [0.15, 0.2) is 78.9 Å². The molecular weight excluding hydrogens is 408 g/mol. The van der Waals surface area contributed by atoms with E-state index in [0.717, 1.165) is 16.7 Å². The Morgan fingerprint density at radius 1 is 0.781 bits per heavy atom. The maximum atomic E-state index is 12.8. The number of nitrogens with one attached hydrogen (secondary N) is 1. The molecule has 0 fully saturated rings. The highest BCUT2D eigenvalue weighted by Gasteiger charge is 2.25. The molecule has 2 unspecified atom stereocenters. The third-order valence-electron chi connectivity index (χ3n) is 4.93. The van der Waals surface area contributed by atoms with Crippen LogP contribution >= 0.6 is 0 Å². The van der Waals surface area contributed by atoms with Crippen molar-refractivity contribution in [3.63, 3.8) is 0 Å². The van der Waals surface area contributed by atoms with Gasteiger partial charge in [0.15, 0.2) is 0 Å². The minimum absolute atomic E-state index is 0.0845. The summed E-state index contributed by atoms with van der Waals surface area (Å²) in [5.74, 6) is -0.829. The van der Waals surface area contributed by atoms with Crippen LogP contribution in [0.2, 0.25) is 0 Å². The molecule has 0 saturated heterocycles. The first-order chi connectivity index (χ1) is 15.4.